The molecular formula is C21H12F3N5O3. The molecule has 0 bridgehead atoms. The van der Waals surface area contributed by atoms with E-state index in [1.165, 1.54) is 12.3 Å². The Morgan fingerprint density at radius 2 is 1.88 bits per heavy atom. The number of rotatable bonds is 3. The van der Waals surface area contributed by atoms with E-state index >= 15 is 0 Å². The molecule has 0 aliphatic rings. The molecule has 0 spiro atoms. The first kappa shape index (κ1) is 19.5. The first-order valence-electron chi connectivity index (χ1n) is 9.17. The van der Waals surface area contributed by atoms with Crippen molar-refractivity contribution in [3.63, 3.8) is 0 Å². The molecule has 2 aromatic carbocycles. The fourth-order valence-corrected chi connectivity index (χ4v) is 3.67. The minimum absolute atomic E-state index is 0.0439. The van der Waals surface area contributed by atoms with Crippen LogP contribution in [0.1, 0.15) is 10.5 Å². The van der Waals surface area contributed by atoms with Gasteiger partial charge in [0.15, 0.2) is 17.1 Å². The molecule has 4 N–H and O–H groups in total. The van der Waals surface area contributed by atoms with Crippen molar-refractivity contribution < 1.29 is 27.8 Å². The smallest absolute Gasteiger partial charge is 0.504 e. The molecule has 11 heteroatoms. The van der Waals surface area contributed by atoms with Crippen LogP contribution in [0.2, 0.25) is 0 Å². The van der Waals surface area contributed by atoms with Gasteiger partial charge in [-0.2, -0.15) is 5.10 Å². The number of carbonyl (C=O) groups excluding carboxylic acids is 1. The number of nitrogens with zero attached hydrogens (tertiary/aromatic N) is 3. The van der Waals surface area contributed by atoms with Crippen molar-refractivity contribution >= 4 is 38.6 Å². The summed E-state index contributed by atoms with van der Waals surface area (Å²) in [5.41, 5.74) is 6.81. The molecule has 0 saturated heterocycles. The molecule has 1 amide bonds. The van der Waals surface area contributed by atoms with Gasteiger partial charge in [0, 0.05) is 33.3 Å². The Bertz CT molecular complexity index is 1550. The average molecular weight is 439 g/mol. The molecule has 5 rings (SSSR count). The zero-order valence-corrected chi connectivity index (χ0v) is 15.9. The minimum atomic E-state index is -4.99. The molecule has 0 aliphatic heterocycles. The number of carbonyl (C=O) groups is 1. The Hall–Kier alpha value is -4.41. The second kappa shape index (κ2) is 6.80. The van der Waals surface area contributed by atoms with E-state index in [1.54, 1.807) is 24.3 Å². The lowest BCUT2D eigenvalue weighted by molar-refractivity contribution is -0.275. The number of alkyl halides is 3. The SMILES string of the molecule is NC(=O)c1[nH]nc2ncc3c(-c4ccc(O)c(OC(F)(F)F)c4)nc4ccccc4c1c23. The van der Waals surface area contributed by atoms with E-state index in [0.717, 1.165) is 12.1 Å². The van der Waals surface area contributed by atoms with Gasteiger partial charge in [0.2, 0.25) is 0 Å². The summed E-state index contributed by atoms with van der Waals surface area (Å²) in [6.07, 6.45) is -3.53. The molecule has 0 saturated carbocycles. The normalized spacial score (nSPS) is 12.0. The second-order valence-electron chi connectivity index (χ2n) is 6.92. The Morgan fingerprint density at radius 3 is 2.62 bits per heavy atom. The van der Waals surface area contributed by atoms with Gasteiger partial charge in [-0.05, 0) is 24.3 Å². The van der Waals surface area contributed by atoms with Crippen molar-refractivity contribution in [2.75, 3.05) is 0 Å². The van der Waals surface area contributed by atoms with Gasteiger partial charge < -0.3 is 15.6 Å². The first-order chi connectivity index (χ1) is 15.2. The number of halogens is 3. The molecule has 8 nitrogen and oxygen atoms in total. The number of phenols is 1. The molecule has 0 aliphatic carbocycles. The standard InChI is InChI=1S/C21H12F3N5O3/c22-21(23,24)32-14-7-9(5-6-13(14)30)17-11-8-26-20-16(11)15(18(19(25)31)28-29-20)10-3-1-2-4-12(10)27-17/h1-8,28,30H,(H2,25,31). The van der Waals surface area contributed by atoms with E-state index in [0.29, 0.717) is 27.1 Å². The summed E-state index contributed by atoms with van der Waals surface area (Å²) in [4.78, 5) is 21.0. The maximum atomic E-state index is 12.8. The van der Waals surface area contributed by atoms with Crippen LogP contribution < -0.4 is 10.5 Å². The molecule has 0 fully saturated rings. The third-order valence-corrected chi connectivity index (χ3v) is 4.95. The number of fused-ring (bicyclic) bond motifs is 2. The zero-order chi connectivity index (χ0) is 22.6. The Morgan fingerprint density at radius 1 is 1.09 bits per heavy atom. The van der Waals surface area contributed by atoms with Crippen LogP contribution in [0.25, 0.3) is 44.0 Å². The van der Waals surface area contributed by atoms with Gasteiger partial charge in [0.1, 0.15) is 5.69 Å². The van der Waals surface area contributed by atoms with Crippen LogP contribution in [0.15, 0.2) is 48.7 Å². The number of nitrogens with two attached hydrogens (primary N) is 1. The zero-order valence-electron chi connectivity index (χ0n) is 15.9. The van der Waals surface area contributed by atoms with Crippen molar-refractivity contribution in [1.82, 2.24) is 20.2 Å². The summed E-state index contributed by atoms with van der Waals surface area (Å²) in [7, 11) is 0. The van der Waals surface area contributed by atoms with E-state index in [9.17, 15) is 23.1 Å². The van der Waals surface area contributed by atoms with E-state index in [1.807, 2.05) is 0 Å². The lowest BCUT2D eigenvalue weighted by atomic mass is 10.0. The lowest BCUT2D eigenvalue weighted by Gasteiger charge is -2.11. The maximum absolute atomic E-state index is 12.8. The minimum Gasteiger partial charge on any atom is -0.504 e. The van der Waals surface area contributed by atoms with Crippen molar-refractivity contribution in [1.29, 1.82) is 0 Å². The average Bonchev–Trinajstić information content (AvgIpc) is 3.09. The van der Waals surface area contributed by atoms with Gasteiger partial charge in [-0.3, -0.25) is 9.89 Å². The van der Waals surface area contributed by atoms with Crippen molar-refractivity contribution in [3.05, 3.63) is 54.4 Å². The first-order valence-corrected chi connectivity index (χ1v) is 9.17. The highest BCUT2D eigenvalue weighted by Gasteiger charge is 2.32. The molecule has 0 atom stereocenters. The number of nitrogens with one attached hydrogen (secondary N) is 1. The summed E-state index contributed by atoms with van der Waals surface area (Å²) in [6.45, 7) is 0. The number of hydrogen-bond acceptors (Lipinski definition) is 6. The Labute approximate surface area is 176 Å². The van der Waals surface area contributed by atoms with Crippen molar-refractivity contribution in [3.8, 4) is 22.8 Å². The monoisotopic (exact) mass is 439 g/mol. The van der Waals surface area contributed by atoms with Crippen LogP contribution in [0.4, 0.5) is 13.2 Å². The molecule has 0 radical (unpaired) electrons. The number of aromatic hydroxyl groups is 1. The third kappa shape index (κ3) is 3.11. The van der Waals surface area contributed by atoms with Gasteiger partial charge in [-0.1, -0.05) is 18.2 Å². The molecule has 3 heterocycles. The summed E-state index contributed by atoms with van der Waals surface area (Å²) in [6, 6.07) is 10.4. The molecule has 5 aromatic rings. The number of para-hydroxylation sites is 1. The number of hydrogen-bond donors (Lipinski definition) is 3. The summed E-state index contributed by atoms with van der Waals surface area (Å²) in [5.74, 6) is -2.20. The summed E-state index contributed by atoms with van der Waals surface area (Å²) >= 11 is 0. The largest absolute Gasteiger partial charge is 0.573 e. The summed E-state index contributed by atoms with van der Waals surface area (Å²) < 4.78 is 42.3. The maximum Gasteiger partial charge on any atom is 0.573 e. The van der Waals surface area contributed by atoms with E-state index in [4.69, 9.17) is 5.73 Å². The third-order valence-electron chi connectivity index (χ3n) is 4.95. The Kier molecular flexibility index (Phi) is 4.16. The molecular weight excluding hydrogens is 427 g/mol. The van der Waals surface area contributed by atoms with Crippen LogP contribution in [-0.2, 0) is 0 Å². The number of benzene rings is 2. The van der Waals surface area contributed by atoms with Gasteiger partial charge in [0.25, 0.3) is 5.91 Å². The lowest BCUT2D eigenvalue weighted by Crippen LogP contribution is -2.17. The predicted molar refractivity (Wildman–Crippen MR) is 109 cm³/mol. The summed E-state index contributed by atoms with van der Waals surface area (Å²) in [5, 5.41) is 18.4. The number of H-pyrrole nitrogens is 1. The fourth-order valence-electron chi connectivity index (χ4n) is 3.67. The number of ether oxygens (including phenoxy) is 1. The number of aromatic nitrogens is 4. The topological polar surface area (TPSA) is 127 Å². The van der Waals surface area contributed by atoms with Gasteiger partial charge in [-0.25, -0.2) is 9.97 Å². The van der Waals surface area contributed by atoms with Gasteiger partial charge >= 0.3 is 6.36 Å². The number of phenolic OH excluding ortho intramolecular Hbond substituents is 1. The molecule has 32 heavy (non-hydrogen) atoms. The molecule has 0 unspecified atom stereocenters. The van der Waals surface area contributed by atoms with Crippen molar-refractivity contribution in [2.24, 2.45) is 5.73 Å². The van der Waals surface area contributed by atoms with Crippen LogP contribution in [0.5, 0.6) is 11.5 Å². The predicted octanol–water partition coefficient (Wildman–Crippen LogP) is 4.03. The highest BCUT2D eigenvalue weighted by molar-refractivity contribution is 6.24. The molecule has 3 aromatic heterocycles. The van der Waals surface area contributed by atoms with Gasteiger partial charge in [-0.15, -0.1) is 13.2 Å². The second-order valence-corrected chi connectivity index (χ2v) is 6.92. The van der Waals surface area contributed by atoms with Crippen LogP contribution in [-0.4, -0.2) is 37.5 Å². The highest BCUT2D eigenvalue weighted by Crippen LogP contribution is 2.39. The van der Waals surface area contributed by atoms with E-state index < -0.39 is 23.8 Å². The van der Waals surface area contributed by atoms with E-state index in [-0.39, 0.29) is 22.6 Å². The van der Waals surface area contributed by atoms with Crippen LogP contribution in [0, 0.1) is 0 Å². The van der Waals surface area contributed by atoms with Gasteiger partial charge in [0.05, 0.1) is 11.2 Å². The van der Waals surface area contributed by atoms with E-state index in [2.05, 4.69) is 24.9 Å². The van der Waals surface area contributed by atoms with Crippen molar-refractivity contribution in [2.45, 2.75) is 6.36 Å². The fraction of sp³-hybridized carbons (Fsp3) is 0.0476. The Balaban J connectivity index is 1.92. The number of primary amides is 1. The molecule has 160 valence electrons. The number of aromatic amines is 1. The van der Waals surface area contributed by atoms with Crippen LogP contribution in [0.3, 0.4) is 0 Å². The quantitative estimate of drug-likeness (QED) is 0.390. The van der Waals surface area contributed by atoms with Crippen LogP contribution >= 0.6 is 0 Å². The highest BCUT2D eigenvalue weighted by atomic mass is 19.4. The number of amides is 1.